The number of likely N-dealkylation sites (tertiary alicyclic amines) is 1. The number of carbonyl (C=O) groups excluding carboxylic acids is 2. The van der Waals surface area contributed by atoms with Crippen LogP contribution in [0.2, 0.25) is 0 Å². The van der Waals surface area contributed by atoms with Crippen molar-refractivity contribution < 1.29 is 14.3 Å². The van der Waals surface area contributed by atoms with Gasteiger partial charge < -0.3 is 9.64 Å². The minimum absolute atomic E-state index is 0.103. The highest BCUT2D eigenvalue weighted by Crippen LogP contribution is 2.20. The van der Waals surface area contributed by atoms with Gasteiger partial charge in [-0.15, -0.1) is 0 Å². The molecule has 27 heavy (non-hydrogen) atoms. The molecule has 142 valence electrons. The van der Waals surface area contributed by atoms with Crippen LogP contribution in [0.25, 0.3) is 0 Å². The number of methoxy groups -OCH3 is 1. The Morgan fingerprint density at radius 2 is 1.74 bits per heavy atom. The molecule has 0 N–H and O–H groups in total. The van der Waals surface area contributed by atoms with Crippen LogP contribution < -0.4 is 0 Å². The second kappa shape index (κ2) is 8.82. The molecule has 1 aliphatic rings. The van der Waals surface area contributed by atoms with Gasteiger partial charge in [0.2, 0.25) is 0 Å². The van der Waals surface area contributed by atoms with E-state index in [0.717, 1.165) is 19.4 Å². The summed E-state index contributed by atoms with van der Waals surface area (Å²) in [5, 5.41) is 0. The molecule has 2 aromatic carbocycles. The number of nitrogens with zero attached hydrogens (tertiary/aromatic N) is 2. The van der Waals surface area contributed by atoms with E-state index in [1.165, 1.54) is 12.7 Å². The molecule has 0 spiro atoms. The first-order chi connectivity index (χ1) is 13.1. The summed E-state index contributed by atoms with van der Waals surface area (Å²) in [6.07, 6.45) is 2.02. The Labute approximate surface area is 160 Å². The number of carbonyl (C=O) groups is 2. The van der Waals surface area contributed by atoms with Crippen molar-refractivity contribution in [1.29, 1.82) is 0 Å². The quantitative estimate of drug-likeness (QED) is 0.763. The first-order valence-corrected chi connectivity index (χ1v) is 9.31. The molecule has 1 heterocycles. The van der Waals surface area contributed by atoms with Crippen molar-refractivity contribution in [3.8, 4) is 0 Å². The zero-order valence-electron chi connectivity index (χ0n) is 15.9. The zero-order valence-corrected chi connectivity index (χ0v) is 15.9. The molecule has 1 fully saturated rings. The number of esters is 1. The number of benzene rings is 2. The molecule has 1 saturated heterocycles. The van der Waals surface area contributed by atoms with Crippen LogP contribution in [-0.4, -0.2) is 55.0 Å². The van der Waals surface area contributed by atoms with Crippen molar-refractivity contribution in [2.45, 2.75) is 25.4 Å². The minimum Gasteiger partial charge on any atom is -0.465 e. The smallest absolute Gasteiger partial charge is 0.338 e. The largest absolute Gasteiger partial charge is 0.465 e. The molecule has 1 unspecified atom stereocenters. The number of amides is 1. The number of hydrogen-bond donors (Lipinski definition) is 0. The average Bonchev–Trinajstić information content (AvgIpc) is 2.73. The summed E-state index contributed by atoms with van der Waals surface area (Å²) in [5.74, 6) is -0.581. The highest BCUT2D eigenvalue weighted by Gasteiger charge is 2.29. The number of likely N-dealkylation sites (N-methyl/N-ethyl adjacent to an activating group) is 1. The Morgan fingerprint density at radius 1 is 1.07 bits per heavy atom. The van der Waals surface area contributed by atoms with Gasteiger partial charge in [-0.1, -0.05) is 42.5 Å². The van der Waals surface area contributed by atoms with E-state index < -0.39 is 5.97 Å². The molecular weight excluding hydrogens is 340 g/mol. The number of ether oxygens (including phenoxy) is 1. The Kier molecular flexibility index (Phi) is 6.24. The summed E-state index contributed by atoms with van der Waals surface area (Å²) in [5.41, 5.74) is 2.00. The van der Waals surface area contributed by atoms with Crippen LogP contribution in [0.15, 0.2) is 54.6 Å². The summed E-state index contributed by atoms with van der Waals surface area (Å²) >= 11 is 0. The van der Waals surface area contributed by atoms with Gasteiger partial charge in [0.05, 0.1) is 18.2 Å². The van der Waals surface area contributed by atoms with Gasteiger partial charge in [0.1, 0.15) is 0 Å². The van der Waals surface area contributed by atoms with Gasteiger partial charge in [0, 0.05) is 25.7 Å². The Hall–Kier alpha value is -2.66. The van der Waals surface area contributed by atoms with Gasteiger partial charge in [-0.3, -0.25) is 9.69 Å². The SMILES string of the molecule is COC(=O)c1ccccc1C(=O)N1CCCC(N(C)Cc2ccccc2)C1. The highest BCUT2D eigenvalue weighted by atomic mass is 16.5. The van der Waals surface area contributed by atoms with Crippen LogP contribution in [0.1, 0.15) is 39.1 Å². The molecule has 1 amide bonds. The summed E-state index contributed by atoms with van der Waals surface area (Å²) in [6.45, 7) is 2.23. The third-order valence-corrected chi connectivity index (χ3v) is 5.14. The van der Waals surface area contributed by atoms with Gasteiger partial charge in [-0.2, -0.15) is 0 Å². The van der Waals surface area contributed by atoms with E-state index in [1.807, 2.05) is 23.1 Å². The molecule has 0 saturated carbocycles. The van der Waals surface area contributed by atoms with Crippen LogP contribution in [0, 0.1) is 0 Å². The molecule has 1 atom stereocenters. The fourth-order valence-electron chi connectivity index (χ4n) is 3.63. The summed E-state index contributed by atoms with van der Waals surface area (Å²) in [4.78, 5) is 29.2. The van der Waals surface area contributed by atoms with E-state index in [-0.39, 0.29) is 5.91 Å². The summed E-state index contributed by atoms with van der Waals surface area (Å²) < 4.78 is 4.82. The van der Waals surface area contributed by atoms with Crippen molar-refractivity contribution >= 4 is 11.9 Å². The third-order valence-electron chi connectivity index (χ3n) is 5.14. The molecular formula is C22H26N2O3. The lowest BCUT2D eigenvalue weighted by Gasteiger charge is -2.38. The van der Waals surface area contributed by atoms with Crippen molar-refractivity contribution in [3.63, 3.8) is 0 Å². The van der Waals surface area contributed by atoms with E-state index in [0.29, 0.717) is 30.3 Å². The predicted molar refractivity (Wildman–Crippen MR) is 105 cm³/mol. The molecule has 5 nitrogen and oxygen atoms in total. The molecule has 2 aromatic rings. The average molecular weight is 366 g/mol. The maximum atomic E-state index is 13.1. The number of piperidine rings is 1. The second-order valence-electron chi connectivity index (χ2n) is 6.99. The Morgan fingerprint density at radius 3 is 2.44 bits per heavy atom. The first kappa shape index (κ1) is 19.1. The molecule has 1 aliphatic heterocycles. The van der Waals surface area contributed by atoms with Gasteiger partial charge in [0.15, 0.2) is 0 Å². The van der Waals surface area contributed by atoms with E-state index >= 15 is 0 Å². The van der Waals surface area contributed by atoms with Gasteiger partial charge >= 0.3 is 5.97 Å². The van der Waals surface area contributed by atoms with Crippen molar-refractivity contribution in [3.05, 3.63) is 71.3 Å². The van der Waals surface area contributed by atoms with Crippen LogP contribution in [0.5, 0.6) is 0 Å². The maximum absolute atomic E-state index is 13.1. The van der Waals surface area contributed by atoms with Crippen LogP contribution in [0.4, 0.5) is 0 Å². The topological polar surface area (TPSA) is 49.9 Å². The standard InChI is InChI=1S/C22H26N2O3/c1-23(15-17-9-4-3-5-10-17)18-11-8-14-24(16-18)21(25)19-12-6-7-13-20(19)22(26)27-2/h3-7,9-10,12-13,18H,8,11,14-16H2,1-2H3. The van der Waals surface area contributed by atoms with Crippen molar-refractivity contribution in [1.82, 2.24) is 9.80 Å². The normalized spacial score (nSPS) is 17.0. The number of rotatable bonds is 5. The minimum atomic E-state index is -0.478. The van der Waals surface area contributed by atoms with Crippen LogP contribution in [-0.2, 0) is 11.3 Å². The first-order valence-electron chi connectivity index (χ1n) is 9.31. The molecule has 0 bridgehead atoms. The van der Waals surface area contributed by atoms with Crippen LogP contribution in [0.3, 0.4) is 0 Å². The zero-order chi connectivity index (χ0) is 19.2. The van der Waals surface area contributed by atoms with E-state index in [2.05, 4.69) is 24.1 Å². The Bertz CT molecular complexity index is 791. The maximum Gasteiger partial charge on any atom is 0.338 e. The second-order valence-corrected chi connectivity index (χ2v) is 6.99. The molecule has 0 aromatic heterocycles. The predicted octanol–water partition coefficient (Wildman–Crippen LogP) is 3.21. The van der Waals surface area contributed by atoms with Crippen molar-refractivity contribution in [2.24, 2.45) is 0 Å². The molecule has 3 rings (SSSR count). The third kappa shape index (κ3) is 4.55. The van der Waals surface area contributed by atoms with E-state index in [4.69, 9.17) is 4.74 Å². The van der Waals surface area contributed by atoms with E-state index in [9.17, 15) is 9.59 Å². The van der Waals surface area contributed by atoms with Crippen molar-refractivity contribution in [2.75, 3.05) is 27.2 Å². The van der Waals surface area contributed by atoms with Gasteiger partial charge in [-0.05, 0) is 37.6 Å². The fraction of sp³-hybridized carbons (Fsp3) is 0.364. The number of hydrogen-bond acceptors (Lipinski definition) is 4. The molecule has 5 heteroatoms. The molecule has 0 aliphatic carbocycles. The Balaban J connectivity index is 1.71. The highest BCUT2D eigenvalue weighted by molar-refractivity contribution is 6.05. The monoisotopic (exact) mass is 366 g/mol. The molecule has 0 radical (unpaired) electrons. The lowest BCUT2D eigenvalue weighted by molar-refractivity contribution is 0.0560. The summed E-state index contributed by atoms with van der Waals surface area (Å²) in [6, 6.07) is 17.5. The lowest BCUT2D eigenvalue weighted by Crippen LogP contribution is -2.48. The van der Waals surface area contributed by atoms with Gasteiger partial charge in [-0.25, -0.2) is 4.79 Å². The van der Waals surface area contributed by atoms with E-state index in [1.54, 1.807) is 24.3 Å². The fourth-order valence-corrected chi connectivity index (χ4v) is 3.63. The summed E-state index contributed by atoms with van der Waals surface area (Å²) in [7, 11) is 3.44. The van der Waals surface area contributed by atoms with Gasteiger partial charge in [0.25, 0.3) is 5.91 Å². The lowest BCUT2D eigenvalue weighted by atomic mass is 10.0. The van der Waals surface area contributed by atoms with Crippen LogP contribution >= 0.6 is 0 Å².